The maximum absolute atomic E-state index is 12.5. The highest BCUT2D eigenvalue weighted by molar-refractivity contribution is 7.17. The van der Waals surface area contributed by atoms with E-state index in [-0.39, 0.29) is 5.91 Å². The van der Waals surface area contributed by atoms with Gasteiger partial charge in [-0.1, -0.05) is 18.3 Å². The molecule has 0 bridgehead atoms. The van der Waals surface area contributed by atoms with Crippen molar-refractivity contribution >= 4 is 22.4 Å². The zero-order chi connectivity index (χ0) is 18.6. The first-order valence-electron chi connectivity index (χ1n) is 9.03. The number of hydrogen-bond acceptors (Lipinski definition) is 7. The van der Waals surface area contributed by atoms with Crippen molar-refractivity contribution in [1.82, 2.24) is 25.0 Å². The van der Waals surface area contributed by atoms with Gasteiger partial charge in [0.2, 0.25) is 10.3 Å². The number of likely N-dealkylation sites (N-methyl/N-ethyl adjacent to an activating group) is 1. The molecule has 0 spiro atoms. The molecule has 0 unspecified atom stereocenters. The van der Waals surface area contributed by atoms with Crippen LogP contribution in [0.1, 0.15) is 23.2 Å². The number of nitrogens with zero attached hydrogens (tertiary/aromatic N) is 5. The Morgan fingerprint density at radius 2 is 2.00 bits per heavy atom. The van der Waals surface area contributed by atoms with E-state index in [2.05, 4.69) is 32.2 Å². The van der Waals surface area contributed by atoms with Crippen molar-refractivity contribution in [1.29, 1.82) is 0 Å². The first kappa shape index (κ1) is 17.7. The summed E-state index contributed by atoms with van der Waals surface area (Å²) in [6.07, 6.45) is 3.42. The topological polar surface area (TPSA) is 79.4 Å². The second-order valence-corrected chi connectivity index (χ2v) is 7.25. The Morgan fingerprint density at radius 3 is 2.74 bits per heavy atom. The van der Waals surface area contributed by atoms with E-state index in [0.29, 0.717) is 23.1 Å². The fraction of sp³-hybridized carbons (Fsp3) is 0.389. The number of carbonyl (C=O) groups is 1. The van der Waals surface area contributed by atoms with Crippen LogP contribution in [0.25, 0.3) is 5.13 Å². The van der Waals surface area contributed by atoms with Crippen molar-refractivity contribution < 1.29 is 9.21 Å². The smallest absolute Gasteiger partial charge is 0.268 e. The first-order chi connectivity index (χ1) is 13.2. The molecule has 8 nitrogen and oxygen atoms in total. The summed E-state index contributed by atoms with van der Waals surface area (Å²) in [6.45, 7) is 7.58. The van der Waals surface area contributed by atoms with Crippen LogP contribution in [0.15, 0.2) is 41.1 Å². The summed E-state index contributed by atoms with van der Waals surface area (Å²) in [6, 6.07) is 7.24. The molecule has 3 aromatic rings. The lowest BCUT2D eigenvalue weighted by atomic mass is 10.3. The van der Waals surface area contributed by atoms with Gasteiger partial charge in [0.1, 0.15) is 11.5 Å². The molecule has 1 N–H and O–H groups in total. The molecule has 1 fully saturated rings. The van der Waals surface area contributed by atoms with Crippen molar-refractivity contribution in [2.45, 2.75) is 13.5 Å². The third-order valence-electron chi connectivity index (χ3n) is 4.68. The monoisotopic (exact) mass is 386 g/mol. The minimum atomic E-state index is -0.176. The Hall–Kier alpha value is -2.65. The summed E-state index contributed by atoms with van der Waals surface area (Å²) < 4.78 is 7.03. The normalized spacial score (nSPS) is 15.2. The molecule has 1 aliphatic heterocycles. The van der Waals surface area contributed by atoms with E-state index in [1.807, 2.05) is 18.3 Å². The predicted octanol–water partition coefficient (Wildman–Crippen LogP) is 1.99. The number of rotatable bonds is 6. The lowest BCUT2D eigenvalue weighted by Gasteiger charge is -2.33. The van der Waals surface area contributed by atoms with Gasteiger partial charge in [-0.2, -0.15) is 0 Å². The van der Waals surface area contributed by atoms with Crippen molar-refractivity contribution in [3.63, 3.8) is 0 Å². The number of anilines is 1. The number of piperazine rings is 1. The van der Waals surface area contributed by atoms with Crippen molar-refractivity contribution in [2.75, 3.05) is 37.6 Å². The van der Waals surface area contributed by atoms with Crippen LogP contribution in [0.2, 0.25) is 0 Å². The highest BCUT2D eigenvalue weighted by atomic mass is 32.1. The maximum atomic E-state index is 12.5. The highest BCUT2D eigenvalue weighted by Crippen LogP contribution is 2.25. The molecule has 1 aliphatic rings. The van der Waals surface area contributed by atoms with Gasteiger partial charge in [0.15, 0.2) is 0 Å². The molecular weight excluding hydrogens is 364 g/mol. The van der Waals surface area contributed by atoms with Crippen LogP contribution >= 0.6 is 11.3 Å². The summed E-state index contributed by atoms with van der Waals surface area (Å²) in [5, 5.41) is 13.1. The third kappa shape index (κ3) is 3.88. The second kappa shape index (κ2) is 7.93. The second-order valence-electron chi connectivity index (χ2n) is 6.31. The van der Waals surface area contributed by atoms with Crippen molar-refractivity contribution in [3.8, 4) is 5.13 Å². The van der Waals surface area contributed by atoms with Gasteiger partial charge < -0.3 is 19.5 Å². The molecule has 1 amide bonds. The Bertz CT molecular complexity index is 879. The standard InChI is InChI=1S/C18H22N6O2S/c1-2-22-8-10-23(11-9-22)17-20-21-18(27-17)24-7-3-6-15(24)16(25)19-13-14-5-4-12-26-14/h3-7,12H,2,8-11,13H2,1H3,(H,19,25). The predicted molar refractivity (Wildman–Crippen MR) is 103 cm³/mol. The van der Waals surface area contributed by atoms with Crippen LogP contribution in [0, 0.1) is 0 Å². The van der Waals surface area contributed by atoms with Gasteiger partial charge in [-0.3, -0.25) is 9.36 Å². The molecular formula is C18H22N6O2S. The number of furan rings is 1. The molecule has 4 heterocycles. The molecule has 9 heteroatoms. The zero-order valence-electron chi connectivity index (χ0n) is 15.2. The fourth-order valence-electron chi connectivity index (χ4n) is 3.09. The van der Waals surface area contributed by atoms with Crippen LogP contribution in [0.4, 0.5) is 5.13 Å². The lowest BCUT2D eigenvalue weighted by Crippen LogP contribution is -2.46. The average Bonchev–Trinajstić information content (AvgIpc) is 3.47. The van der Waals surface area contributed by atoms with E-state index in [1.165, 1.54) is 11.3 Å². The maximum Gasteiger partial charge on any atom is 0.268 e. The van der Waals surface area contributed by atoms with E-state index in [1.54, 1.807) is 23.0 Å². The minimum absolute atomic E-state index is 0.176. The Balaban J connectivity index is 1.45. The lowest BCUT2D eigenvalue weighted by molar-refractivity contribution is 0.0941. The molecule has 27 heavy (non-hydrogen) atoms. The molecule has 0 aromatic carbocycles. The molecule has 0 saturated carbocycles. The Kier molecular flexibility index (Phi) is 5.21. The van der Waals surface area contributed by atoms with E-state index in [0.717, 1.165) is 37.9 Å². The summed E-state index contributed by atoms with van der Waals surface area (Å²) >= 11 is 1.50. The summed E-state index contributed by atoms with van der Waals surface area (Å²) in [4.78, 5) is 17.2. The van der Waals surface area contributed by atoms with E-state index >= 15 is 0 Å². The summed E-state index contributed by atoms with van der Waals surface area (Å²) in [5.74, 6) is 0.538. The summed E-state index contributed by atoms with van der Waals surface area (Å²) in [5.41, 5.74) is 0.528. The number of aromatic nitrogens is 3. The molecule has 0 aliphatic carbocycles. The third-order valence-corrected chi connectivity index (χ3v) is 5.67. The highest BCUT2D eigenvalue weighted by Gasteiger charge is 2.21. The van der Waals surface area contributed by atoms with Gasteiger partial charge in [-0.25, -0.2) is 0 Å². The fourth-order valence-corrected chi connectivity index (χ4v) is 3.99. The molecule has 0 radical (unpaired) electrons. The van der Waals surface area contributed by atoms with Crippen LogP contribution in [-0.2, 0) is 6.54 Å². The van der Waals surface area contributed by atoms with E-state index < -0.39 is 0 Å². The average molecular weight is 386 g/mol. The van der Waals surface area contributed by atoms with E-state index in [4.69, 9.17) is 4.42 Å². The van der Waals surface area contributed by atoms with Crippen LogP contribution in [0.5, 0.6) is 0 Å². The van der Waals surface area contributed by atoms with Crippen molar-refractivity contribution in [3.05, 3.63) is 48.2 Å². The van der Waals surface area contributed by atoms with Crippen molar-refractivity contribution in [2.24, 2.45) is 0 Å². The van der Waals surface area contributed by atoms with Crippen LogP contribution in [-0.4, -0.2) is 58.3 Å². The summed E-state index contributed by atoms with van der Waals surface area (Å²) in [7, 11) is 0. The van der Waals surface area contributed by atoms with Crippen LogP contribution < -0.4 is 10.2 Å². The molecule has 4 rings (SSSR count). The van der Waals surface area contributed by atoms with Gasteiger partial charge in [-0.05, 0) is 30.8 Å². The number of amides is 1. The van der Waals surface area contributed by atoms with Gasteiger partial charge in [0, 0.05) is 32.4 Å². The SMILES string of the molecule is CCN1CCN(c2nnc(-n3cccc3C(=O)NCc3ccco3)s2)CC1. The number of nitrogens with one attached hydrogen (secondary N) is 1. The van der Waals surface area contributed by atoms with E-state index in [9.17, 15) is 4.79 Å². The van der Waals surface area contributed by atoms with Gasteiger partial charge in [-0.15, -0.1) is 10.2 Å². The molecule has 142 valence electrons. The van der Waals surface area contributed by atoms with Crippen LogP contribution in [0.3, 0.4) is 0 Å². The zero-order valence-corrected chi connectivity index (χ0v) is 16.0. The quantitative estimate of drug-likeness (QED) is 0.698. The van der Waals surface area contributed by atoms with Gasteiger partial charge in [0.05, 0.1) is 12.8 Å². The molecule has 1 saturated heterocycles. The molecule has 0 atom stereocenters. The largest absolute Gasteiger partial charge is 0.467 e. The number of carbonyl (C=O) groups excluding carboxylic acids is 1. The number of hydrogen-bond donors (Lipinski definition) is 1. The van der Waals surface area contributed by atoms with Gasteiger partial charge in [0.25, 0.3) is 5.91 Å². The first-order valence-corrected chi connectivity index (χ1v) is 9.85. The Labute approximate surface area is 161 Å². The minimum Gasteiger partial charge on any atom is -0.467 e. The Morgan fingerprint density at radius 1 is 1.19 bits per heavy atom. The van der Waals surface area contributed by atoms with Gasteiger partial charge >= 0.3 is 0 Å². The molecule has 3 aromatic heterocycles.